The van der Waals surface area contributed by atoms with Crippen molar-refractivity contribution in [1.82, 2.24) is 9.80 Å². The summed E-state index contributed by atoms with van der Waals surface area (Å²) >= 11 is 0. The fraction of sp³-hybridized carbons (Fsp3) is 0.214. The van der Waals surface area contributed by atoms with Crippen LogP contribution in [0.25, 0.3) is 33.4 Å². The highest BCUT2D eigenvalue weighted by Gasteiger charge is 2.19. The van der Waals surface area contributed by atoms with Gasteiger partial charge in [-0.3, -0.25) is 14.5 Å². The number of nitrogens with zero attached hydrogens (tertiary/aromatic N) is 2. The maximum Gasteiger partial charge on any atom is 0.219 e. The van der Waals surface area contributed by atoms with Gasteiger partial charge in [-0.25, -0.2) is 4.39 Å². The molecule has 0 unspecified atom stereocenters. The number of carbonyl (C=O) groups excluding carboxylic acids is 1. The van der Waals surface area contributed by atoms with E-state index in [-0.39, 0.29) is 22.7 Å². The molecule has 4 aromatic rings. The molecular formula is C28H25FN2O3. The van der Waals surface area contributed by atoms with Gasteiger partial charge in [0.1, 0.15) is 17.2 Å². The molecule has 0 atom stereocenters. The SMILES string of the molecule is CC(=O)N1CCN(Cc2ccc3oc(-c4cccc(-c5ccccc5)c4F)cc(=O)c3c2)CC1. The van der Waals surface area contributed by atoms with Crippen molar-refractivity contribution in [2.75, 3.05) is 26.2 Å². The first-order chi connectivity index (χ1) is 16.5. The first-order valence-electron chi connectivity index (χ1n) is 11.4. The first kappa shape index (κ1) is 22.0. The number of benzene rings is 3. The molecule has 172 valence electrons. The van der Waals surface area contributed by atoms with E-state index in [1.807, 2.05) is 47.4 Å². The number of amides is 1. The Balaban J connectivity index is 1.43. The van der Waals surface area contributed by atoms with Gasteiger partial charge < -0.3 is 9.32 Å². The number of fused-ring (bicyclic) bond motifs is 1. The summed E-state index contributed by atoms with van der Waals surface area (Å²) < 4.78 is 21.4. The lowest BCUT2D eigenvalue weighted by molar-refractivity contribution is -0.130. The normalized spacial score (nSPS) is 14.5. The van der Waals surface area contributed by atoms with Gasteiger partial charge in [0, 0.05) is 51.3 Å². The van der Waals surface area contributed by atoms with Gasteiger partial charge in [-0.15, -0.1) is 0 Å². The molecule has 0 saturated carbocycles. The summed E-state index contributed by atoms with van der Waals surface area (Å²) in [7, 11) is 0. The zero-order chi connectivity index (χ0) is 23.7. The van der Waals surface area contributed by atoms with E-state index >= 15 is 4.39 Å². The quantitative estimate of drug-likeness (QED) is 0.437. The van der Waals surface area contributed by atoms with E-state index in [1.165, 1.54) is 6.07 Å². The molecule has 0 radical (unpaired) electrons. The third kappa shape index (κ3) is 4.37. The molecule has 3 aromatic carbocycles. The third-order valence-electron chi connectivity index (χ3n) is 6.36. The molecule has 0 spiro atoms. The van der Waals surface area contributed by atoms with E-state index in [9.17, 15) is 9.59 Å². The van der Waals surface area contributed by atoms with E-state index in [0.29, 0.717) is 36.2 Å². The van der Waals surface area contributed by atoms with Gasteiger partial charge in [-0.1, -0.05) is 48.5 Å². The van der Waals surface area contributed by atoms with E-state index in [1.54, 1.807) is 31.2 Å². The van der Waals surface area contributed by atoms with Crippen LogP contribution in [0.15, 0.2) is 82.0 Å². The van der Waals surface area contributed by atoms with Crippen LogP contribution in [-0.2, 0) is 11.3 Å². The second kappa shape index (κ2) is 9.23. The van der Waals surface area contributed by atoms with E-state index in [2.05, 4.69) is 4.90 Å². The minimum atomic E-state index is -0.419. The number of carbonyl (C=O) groups is 1. The van der Waals surface area contributed by atoms with Crippen molar-refractivity contribution < 1.29 is 13.6 Å². The topological polar surface area (TPSA) is 53.8 Å². The Bertz CT molecular complexity index is 1410. The van der Waals surface area contributed by atoms with Crippen LogP contribution < -0.4 is 5.43 Å². The number of hydrogen-bond donors (Lipinski definition) is 0. The van der Waals surface area contributed by atoms with Crippen LogP contribution in [0.1, 0.15) is 12.5 Å². The van der Waals surface area contributed by atoms with Crippen LogP contribution in [0.3, 0.4) is 0 Å². The van der Waals surface area contributed by atoms with Crippen molar-refractivity contribution in [1.29, 1.82) is 0 Å². The molecule has 1 aliphatic heterocycles. The van der Waals surface area contributed by atoms with Crippen molar-refractivity contribution in [3.8, 4) is 22.5 Å². The maximum atomic E-state index is 15.4. The van der Waals surface area contributed by atoms with Crippen LogP contribution in [0.2, 0.25) is 0 Å². The second-order valence-corrected chi connectivity index (χ2v) is 8.62. The largest absolute Gasteiger partial charge is 0.456 e. The first-order valence-corrected chi connectivity index (χ1v) is 11.4. The van der Waals surface area contributed by atoms with Gasteiger partial charge in [0.2, 0.25) is 5.91 Å². The lowest BCUT2D eigenvalue weighted by Gasteiger charge is -2.34. The van der Waals surface area contributed by atoms with Crippen LogP contribution in [0, 0.1) is 5.82 Å². The molecule has 0 aliphatic carbocycles. The number of rotatable bonds is 4. The average molecular weight is 457 g/mol. The number of hydrogen-bond acceptors (Lipinski definition) is 4. The van der Waals surface area contributed by atoms with Gasteiger partial charge in [-0.2, -0.15) is 0 Å². The Morgan fingerprint density at radius 2 is 1.65 bits per heavy atom. The summed E-state index contributed by atoms with van der Waals surface area (Å²) in [5, 5.41) is 0.475. The molecule has 5 nitrogen and oxygen atoms in total. The fourth-order valence-corrected chi connectivity index (χ4v) is 4.48. The average Bonchev–Trinajstić information content (AvgIpc) is 2.85. The summed E-state index contributed by atoms with van der Waals surface area (Å²) in [6.45, 7) is 5.29. The third-order valence-corrected chi connectivity index (χ3v) is 6.36. The Kier molecular flexibility index (Phi) is 5.99. The van der Waals surface area contributed by atoms with Gasteiger partial charge in [-0.05, 0) is 29.3 Å². The standard InChI is InChI=1S/C28H25FN2O3/c1-19(32)31-14-12-30(13-15-31)18-20-10-11-26-24(16-20)25(33)17-27(34-26)23-9-5-8-22(28(23)29)21-6-3-2-4-7-21/h2-11,16-17H,12-15,18H2,1H3. The van der Waals surface area contributed by atoms with Crippen molar-refractivity contribution in [2.45, 2.75) is 13.5 Å². The predicted molar refractivity (Wildman–Crippen MR) is 131 cm³/mol. The molecule has 5 rings (SSSR count). The highest BCUT2D eigenvalue weighted by Crippen LogP contribution is 2.31. The molecule has 1 fully saturated rings. The molecule has 1 aliphatic rings. The van der Waals surface area contributed by atoms with E-state index in [0.717, 1.165) is 24.2 Å². The molecule has 6 heteroatoms. The van der Waals surface area contributed by atoms with Crippen LogP contribution in [0.4, 0.5) is 4.39 Å². The van der Waals surface area contributed by atoms with E-state index in [4.69, 9.17) is 4.42 Å². The Hall–Kier alpha value is -3.77. The van der Waals surface area contributed by atoms with Gasteiger partial charge >= 0.3 is 0 Å². The summed E-state index contributed by atoms with van der Waals surface area (Å²) in [6.07, 6.45) is 0. The summed E-state index contributed by atoms with van der Waals surface area (Å²) in [4.78, 5) is 28.6. The molecule has 2 heterocycles. The molecule has 0 N–H and O–H groups in total. The van der Waals surface area contributed by atoms with E-state index < -0.39 is 5.82 Å². The van der Waals surface area contributed by atoms with Crippen molar-refractivity contribution in [3.05, 3.63) is 94.4 Å². The number of halogens is 1. The molecule has 1 aromatic heterocycles. The lowest BCUT2D eigenvalue weighted by Crippen LogP contribution is -2.47. The van der Waals surface area contributed by atoms with Crippen LogP contribution in [0.5, 0.6) is 0 Å². The van der Waals surface area contributed by atoms with Crippen LogP contribution in [-0.4, -0.2) is 41.9 Å². The zero-order valence-corrected chi connectivity index (χ0v) is 19.0. The van der Waals surface area contributed by atoms with Gasteiger partial charge in [0.05, 0.1) is 10.9 Å². The zero-order valence-electron chi connectivity index (χ0n) is 19.0. The maximum absolute atomic E-state index is 15.4. The minimum absolute atomic E-state index is 0.101. The Morgan fingerprint density at radius 3 is 2.38 bits per heavy atom. The molecular weight excluding hydrogens is 431 g/mol. The predicted octanol–water partition coefficient (Wildman–Crippen LogP) is 4.93. The van der Waals surface area contributed by atoms with Crippen molar-refractivity contribution in [3.63, 3.8) is 0 Å². The number of piperazine rings is 1. The van der Waals surface area contributed by atoms with Crippen molar-refractivity contribution >= 4 is 16.9 Å². The minimum Gasteiger partial charge on any atom is -0.456 e. The molecule has 34 heavy (non-hydrogen) atoms. The molecule has 0 bridgehead atoms. The lowest BCUT2D eigenvalue weighted by atomic mass is 10.0. The smallest absolute Gasteiger partial charge is 0.219 e. The molecule has 1 saturated heterocycles. The van der Waals surface area contributed by atoms with Crippen molar-refractivity contribution in [2.24, 2.45) is 0 Å². The Morgan fingerprint density at radius 1 is 0.912 bits per heavy atom. The second-order valence-electron chi connectivity index (χ2n) is 8.62. The van der Waals surface area contributed by atoms with Gasteiger partial charge in [0.25, 0.3) is 0 Å². The summed E-state index contributed by atoms with van der Waals surface area (Å²) in [6, 6.07) is 21.3. The molecule has 1 amide bonds. The summed E-state index contributed by atoms with van der Waals surface area (Å²) in [5.74, 6) is -0.108. The van der Waals surface area contributed by atoms with Crippen LogP contribution >= 0.6 is 0 Å². The fourth-order valence-electron chi connectivity index (χ4n) is 4.48. The highest BCUT2D eigenvalue weighted by atomic mass is 19.1. The summed E-state index contributed by atoms with van der Waals surface area (Å²) in [5.41, 5.74) is 2.70. The highest BCUT2D eigenvalue weighted by molar-refractivity contribution is 5.80. The monoisotopic (exact) mass is 456 g/mol. The van der Waals surface area contributed by atoms with Gasteiger partial charge in [0.15, 0.2) is 5.43 Å². The Labute approximate surface area is 197 Å².